The number of hydrogen-bond donors (Lipinski definition) is 1. The smallest absolute Gasteiger partial charge is 0.0417 e. The van der Waals surface area contributed by atoms with Crippen LogP contribution < -0.4 is 0 Å². The largest absolute Gasteiger partial charge is 0.313 e. The van der Waals surface area contributed by atoms with Crippen molar-refractivity contribution < 1.29 is 5.21 Å². The molecule has 0 heterocycles. The van der Waals surface area contributed by atoms with Crippen molar-refractivity contribution >= 4 is 11.8 Å². The Morgan fingerprint density at radius 3 is 2.33 bits per heavy atom. The first-order valence-corrected chi connectivity index (χ1v) is 6.57. The van der Waals surface area contributed by atoms with Crippen LogP contribution >= 0.6 is 11.8 Å². The zero-order valence-corrected chi connectivity index (χ0v) is 11.5. The van der Waals surface area contributed by atoms with Crippen LogP contribution in [0.1, 0.15) is 41.0 Å². The van der Waals surface area contributed by atoms with Gasteiger partial charge in [-0.2, -0.15) is 16.8 Å². The van der Waals surface area contributed by atoms with E-state index in [1.807, 2.05) is 31.7 Å². The summed E-state index contributed by atoms with van der Waals surface area (Å²) in [4.78, 5) is 0. The van der Waals surface area contributed by atoms with Crippen LogP contribution in [0.15, 0.2) is 12.7 Å². The summed E-state index contributed by atoms with van der Waals surface area (Å²) in [6.07, 6.45) is 2.90. The van der Waals surface area contributed by atoms with Gasteiger partial charge in [-0.25, -0.2) is 0 Å². The van der Waals surface area contributed by atoms with Crippen LogP contribution in [0.5, 0.6) is 0 Å². The number of rotatable bonds is 7. The molecule has 0 saturated carbocycles. The summed E-state index contributed by atoms with van der Waals surface area (Å²) in [6, 6.07) is 0.164. The van der Waals surface area contributed by atoms with E-state index in [4.69, 9.17) is 0 Å². The Morgan fingerprint density at radius 2 is 1.93 bits per heavy atom. The Balaban J connectivity index is 4.17. The highest BCUT2D eigenvalue weighted by Gasteiger charge is 2.29. The molecule has 0 saturated heterocycles. The van der Waals surface area contributed by atoms with E-state index in [0.29, 0.717) is 5.25 Å². The first-order valence-electron chi connectivity index (χ1n) is 5.52. The lowest BCUT2D eigenvalue weighted by Gasteiger charge is -2.37. The minimum absolute atomic E-state index is 0.164. The molecule has 0 aromatic rings. The SMILES string of the molecule is C=CCSC(C)CC(C)(C)N(O)C(C)C. The fraction of sp³-hybridized carbons (Fsp3) is 0.833. The Labute approximate surface area is 98.7 Å². The lowest BCUT2D eigenvalue weighted by Crippen LogP contribution is -2.47. The maximum atomic E-state index is 9.93. The zero-order chi connectivity index (χ0) is 12.1. The monoisotopic (exact) mass is 231 g/mol. The van der Waals surface area contributed by atoms with Crippen LogP contribution in [0, 0.1) is 0 Å². The van der Waals surface area contributed by atoms with Crippen molar-refractivity contribution in [2.24, 2.45) is 0 Å². The third-order valence-corrected chi connectivity index (χ3v) is 3.56. The van der Waals surface area contributed by atoms with Crippen molar-refractivity contribution in [3.05, 3.63) is 12.7 Å². The van der Waals surface area contributed by atoms with Gasteiger partial charge in [0.1, 0.15) is 0 Å². The van der Waals surface area contributed by atoms with Crippen LogP contribution in [-0.4, -0.2) is 32.9 Å². The lowest BCUT2D eigenvalue weighted by molar-refractivity contribution is -0.186. The summed E-state index contributed by atoms with van der Waals surface area (Å²) in [5, 5.41) is 11.9. The van der Waals surface area contributed by atoms with Crippen LogP contribution in [0.4, 0.5) is 0 Å². The highest BCUT2D eigenvalue weighted by molar-refractivity contribution is 8.00. The van der Waals surface area contributed by atoms with Gasteiger partial charge in [0.2, 0.25) is 0 Å². The van der Waals surface area contributed by atoms with Crippen LogP contribution in [-0.2, 0) is 0 Å². The van der Waals surface area contributed by atoms with E-state index < -0.39 is 0 Å². The number of hydroxylamine groups is 2. The summed E-state index contributed by atoms with van der Waals surface area (Å²) in [7, 11) is 0. The van der Waals surface area contributed by atoms with Crippen molar-refractivity contribution in [2.45, 2.75) is 57.9 Å². The molecule has 0 spiro atoms. The van der Waals surface area contributed by atoms with Gasteiger partial charge in [0, 0.05) is 22.6 Å². The van der Waals surface area contributed by atoms with Gasteiger partial charge < -0.3 is 5.21 Å². The van der Waals surface area contributed by atoms with Crippen LogP contribution in [0.3, 0.4) is 0 Å². The predicted octanol–water partition coefficient (Wildman–Crippen LogP) is 3.56. The zero-order valence-electron chi connectivity index (χ0n) is 10.7. The summed E-state index contributed by atoms with van der Waals surface area (Å²) >= 11 is 1.88. The van der Waals surface area contributed by atoms with E-state index in [0.717, 1.165) is 12.2 Å². The standard InChI is InChI=1S/C12H25NOS/c1-7-8-15-11(4)9-12(5,6)13(14)10(2)3/h7,10-11,14H,1,8-9H2,2-6H3. The number of hydrogen-bond acceptors (Lipinski definition) is 3. The maximum Gasteiger partial charge on any atom is 0.0417 e. The summed E-state index contributed by atoms with van der Waals surface area (Å²) in [6.45, 7) is 14.1. The average Bonchev–Trinajstić information content (AvgIpc) is 2.12. The molecule has 0 aliphatic heterocycles. The highest BCUT2D eigenvalue weighted by Crippen LogP contribution is 2.26. The van der Waals surface area contributed by atoms with Gasteiger partial charge >= 0.3 is 0 Å². The lowest BCUT2D eigenvalue weighted by atomic mass is 9.97. The fourth-order valence-electron chi connectivity index (χ4n) is 1.79. The summed E-state index contributed by atoms with van der Waals surface area (Å²) in [5.74, 6) is 0.977. The number of thioether (sulfide) groups is 1. The molecule has 0 amide bonds. The van der Waals surface area contributed by atoms with E-state index in [1.54, 1.807) is 0 Å². The van der Waals surface area contributed by atoms with Gasteiger partial charge in [0.25, 0.3) is 0 Å². The van der Waals surface area contributed by atoms with E-state index in [2.05, 4.69) is 27.4 Å². The molecule has 1 unspecified atom stereocenters. The fourth-order valence-corrected chi connectivity index (χ4v) is 2.78. The second-order valence-corrected chi connectivity index (χ2v) is 6.36. The van der Waals surface area contributed by atoms with E-state index in [1.165, 1.54) is 5.06 Å². The molecule has 0 radical (unpaired) electrons. The topological polar surface area (TPSA) is 23.5 Å². The Bertz CT molecular complexity index is 192. The second-order valence-electron chi connectivity index (χ2n) is 4.89. The second kappa shape index (κ2) is 6.56. The van der Waals surface area contributed by atoms with Crippen molar-refractivity contribution in [3.63, 3.8) is 0 Å². The molecule has 0 fully saturated rings. The van der Waals surface area contributed by atoms with E-state index >= 15 is 0 Å². The molecular weight excluding hydrogens is 206 g/mol. The minimum Gasteiger partial charge on any atom is -0.313 e. The van der Waals surface area contributed by atoms with Gasteiger partial charge in [0.15, 0.2) is 0 Å². The first-order chi connectivity index (χ1) is 6.81. The number of nitrogens with zero attached hydrogens (tertiary/aromatic N) is 1. The first kappa shape index (κ1) is 15.0. The van der Waals surface area contributed by atoms with Gasteiger partial charge in [-0.05, 0) is 34.1 Å². The van der Waals surface area contributed by atoms with Crippen LogP contribution in [0.25, 0.3) is 0 Å². The Hall–Kier alpha value is 0.01000. The third-order valence-electron chi connectivity index (χ3n) is 2.39. The average molecular weight is 231 g/mol. The van der Waals surface area contributed by atoms with Gasteiger partial charge in [-0.1, -0.05) is 13.0 Å². The van der Waals surface area contributed by atoms with E-state index in [-0.39, 0.29) is 11.6 Å². The molecule has 0 aliphatic carbocycles. The molecular formula is C12H25NOS. The molecule has 2 nitrogen and oxygen atoms in total. The molecule has 0 aliphatic rings. The van der Waals surface area contributed by atoms with Crippen molar-refractivity contribution in [1.82, 2.24) is 5.06 Å². The molecule has 0 aromatic carbocycles. The van der Waals surface area contributed by atoms with Gasteiger partial charge in [-0.3, -0.25) is 0 Å². The predicted molar refractivity (Wildman–Crippen MR) is 69.6 cm³/mol. The Morgan fingerprint density at radius 1 is 1.40 bits per heavy atom. The maximum absolute atomic E-state index is 9.93. The van der Waals surface area contributed by atoms with Crippen molar-refractivity contribution in [2.75, 3.05) is 5.75 Å². The molecule has 3 heteroatoms. The molecule has 0 bridgehead atoms. The summed E-state index contributed by atoms with van der Waals surface area (Å²) < 4.78 is 0. The molecule has 90 valence electrons. The molecule has 0 aromatic heterocycles. The van der Waals surface area contributed by atoms with Crippen molar-refractivity contribution in [3.8, 4) is 0 Å². The summed E-state index contributed by atoms with van der Waals surface area (Å²) in [5.41, 5.74) is -0.165. The highest BCUT2D eigenvalue weighted by atomic mass is 32.2. The molecule has 15 heavy (non-hydrogen) atoms. The Kier molecular flexibility index (Phi) is 6.57. The molecule has 1 atom stereocenters. The van der Waals surface area contributed by atoms with Gasteiger partial charge in [0.05, 0.1) is 0 Å². The molecule has 1 N–H and O–H groups in total. The quantitative estimate of drug-likeness (QED) is 0.535. The normalized spacial score (nSPS) is 14.7. The van der Waals surface area contributed by atoms with Crippen molar-refractivity contribution in [1.29, 1.82) is 0 Å². The molecule has 0 rings (SSSR count). The minimum atomic E-state index is -0.165. The van der Waals surface area contributed by atoms with E-state index in [9.17, 15) is 5.21 Å². The van der Waals surface area contributed by atoms with Crippen LogP contribution in [0.2, 0.25) is 0 Å². The van der Waals surface area contributed by atoms with Gasteiger partial charge in [-0.15, -0.1) is 6.58 Å². The third kappa shape index (κ3) is 5.59.